The molecule has 0 unspecified atom stereocenters. The molecule has 1 amide bonds. The number of ether oxygens (including phenoxy) is 1. The number of hydrogen-bond acceptors (Lipinski definition) is 9. The van der Waals surface area contributed by atoms with Crippen LogP contribution in [0.2, 0.25) is 0 Å². The quantitative estimate of drug-likeness (QED) is 0.336. The second-order valence-electron chi connectivity index (χ2n) is 11.3. The molecule has 0 bridgehead atoms. The molecular formula is C31H37N9O3. The van der Waals surface area contributed by atoms with Gasteiger partial charge in [0.1, 0.15) is 11.4 Å². The number of hydrogen-bond donors (Lipinski definition) is 2. The molecular weight excluding hydrogens is 546 g/mol. The summed E-state index contributed by atoms with van der Waals surface area (Å²) in [4.78, 5) is 44.8. The van der Waals surface area contributed by atoms with Crippen LogP contribution in [0.3, 0.4) is 0 Å². The van der Waals surface area contributed by atoms with E-state index in [1.54, 1.807) is 42.8 Å². The van der Waals surface area contributed by atoms with Crippen molar-refractivity contribution >= 4 is 23.4 Å². The van der Waals surface area contributed by atoms with E-state index >= 15 is 0 Å². The zero-order chi connectivity index (χ0) is 30.2. The van der Waals surface area contributed by atoms with Gasteiger partial charge in [-0.05, 0) is 56.5 Å². The fourth-order valence-electron chi connectivity index (χ4n) is 5.80. The van der Waals surface area contributed by atoms with Gasteiger partial charge in [0.25, 0.3) is 11.5 Å². The fraction of sp³-hybridized carbons (Fsp3) is 0.387. The van der Waals surface area contributed by atoms with Crippen molar-refractivity contribution in [2.24, 2.45) is 7.05 Å². The van der Waals surface area contributed by atoms with Gasteiger partial charge in [-0.1, -0.05) is 12.1 Å². The monoisotopic (exact) mass is 583 g/mol. The molecule has 0 spiro atoms. The minimum Gasteiger partial charge on any atom is -0.381 e. The minimum atomic E-state index is -0.350. The third kappa shape index (κ3) is 5.45. The standard InChI is InChI=1S/C31H37N9O3/c1-19-6-5-7-23(14-19)40-31(42)27(20(2)37(40)3)30(41)35-22-9-12-38(13-10-22)29-28(32)34-16-25(36-29)21-8-11-33-26(15-21)39-17-24(18-39)43-4/h5-8,11,14-16,22,24H,9-10,12-13,17-18H2,1-4H3,(H2,32,34)(H,35,41). The molecule has 4 aromatic rings. The summed E-state index contributed by atoms with van der Waals surface area (Å²) in [6, 6.07) is 11.5. The molecule has 3 aromatic heterocycles. The molecule has 0 saturated carbocycles. The molecule has 0 aliphatic carbocycles. The maximum absolute atomic E-state index is 13.4. The molecule has 2 aliphatic rings. The van der Waals surface area contributed by atoms with Crippen LogP contribution in [0, 0.1) is 13.8 Å². The molecule has 224 valence electrons. The molecule has 12 nitrogen and oxygen atoms in total. The first-order valence-corrected chi connectivity index (χ1v) is 14.5. The van der Waals surface area contributed by atoms with Crippen molar-refractivity contribution in [3.8, 4) is 16.9 Å². The number of rotatable bonds is 7. The number of piperidine rings is 1. The van der Waals surface area contributed by atoms with Crippen LogP contribution in [0.4, 0.5) is 17.5 Å². The number of pyridine rings is 1. The summed E-state index contributed by atoms with van der Waals surface area (Å²) < 4.78 is 8.66. The van der Waals surface area contributed by atoms with Crippen molar-refractivity contribution in [2.75, 3.05) is 48.8 Å². The number of benzene rings is 1. The first-order valence-electron chi connectivity index (χ1n) is 14.5. The number of amides is 1. The Kier molecular flexibility index (Phi) is 7.61. The number of nitrogen functional groups attached to an aromatic ring is 1. The first kappa shape index (κ1) is 28.4. The summed E-state index contributed by atoms with van der Waals surface area (Å²) in [5, 5.41) is 3.10. The lowest BCUT2D eigenvalue weighted by molar-refractivity contribution is 0.0783. The van der Waals surface area contributed by atoms with Crippen LogP contribution in [0.15, 0.2) is 53.6 Å². The molecule has 12 heteroatoms. The van der Waals surface area contributed by atoms with Gasteiger partial charge < -0.3 is 25.6 Å². The van der Waals surface area contributed by atoms with Gasteiger partial charge in [-0.25, -0.2) is 19.6 Å². The van der Waals surface area contributed by atoms with E-state index in [-0.39, 0.29) is 29.2 Å². The maximum atomic E-state index is 13.4. The van der Waals surface area contributed by atoms with Crippen LogP contribution in [0.5, 0.6) is 0 Å². The van der Waals surface area contributed by atoms with E-state index in [1.807, 2.05) is 43.3 Å². The average molecular weight is 584 g/mol. The number of nitrogens with one attached hydrogen (secondary N) is 1. The van der Waals surface area contributed by atoms with Gasteiger partial charge in [-0.3, -0.25) is 14.3 Å². The Bertz CT molecular complexity index is 1720. The van der Waals surface area contributed by atoms with Crippen molar-refractivity contribution in [1.82, 2.24) is 29.6 Å². The lowest BCUT2D eigenvalue weighted by Crippen LogP contribution is -2.52. The van der Waals surface area contributed by atoms with Crippen LogP contribution < -0.4 is 26.4 Å². The molecule has 2 saturated heterocycles. The van der Waals surface area contributed by atoms with Crippen molar-refractivity contribution in [3.05, 3.63) is 76.0 Å². The van der Waals surface area contributed by atoms with E-state index in [0.29, 0.717) is 43.3 Å². The van der Waals surface area contributed by atoms with E-state index in [0.717, 1.165) is 41.4 Å². The Morgan fingerprint density at radius 2 is 1.84 bits per heavy atom. The SMILES string of the molecule is COC1CN(c2cc(-c3cnc(N)c(N4CCC(NC(=O)c5c(C)n(C)n(-c6cccc(C)c6)c5=O)CC4)n3)ccn2)C1. The van der Waals surface area contributed by atoms with Gasteiger partial charge in [0.2, 0.25) is 0 Å². The van der Waals surface area contributed by atoms with Crippen molar-refractivity contribution in [3.63, 3.8) is 0 Å². The Hall–Kier alpha value is -4.71. The highest BCUT2D eigenvalue weighted by atomic mass is 16.5. The average Bonchev–Trinajstić information content (AvgIpc) is 3.20. The molecule has 6 rings (SSSR count). The van der Waals surface area contributed by atoms with Crippen LogP contribution >= 0.6 is 0 Å². The summed E-state index contributed by atoms with van der Waals surface area (Å²) >= 11 is 0. The van der Waals surface area contributed by atoms with Gasteiger partial charge in [0.15, 0.2) is 11.6 Å². The number of carbonyl (C=O) groups is 1. The Morgan fingerprint density at radius 1 is 1.07 bits per heavy atom. The Morgan fingerprint density at radius 3 is 2.56 bits per heavy atom. The summed E-state index contributed by atoms with van der Waals surface area (Å²) in [5.74, 6) is 1.52. The van der Waals surface area contributed by atoms with Gasteiger partial charge in [0.05, 0.1) is 29.4 Å². The lowest BCUT2D eigenvalue weighted by atomic mass is 10.0. The maximum Gasteiger partial charge on any atom is 0.284 e. The highest BCUT2D eigenvalue weighted by Gasteiger charge is 2.29. The number of nitrogens with two attached hydrogens (primary N) is 1. The second kappa shape index (κ2) is 11.5. The summed E-state index contributed by atoms with van der Waals surface area (Å²) in [7, 11) is 3.52. The number of anilines is 3. The second-order valence-corrected chi connectivity index (χ2v) is 11.3. The fourth-order valence-corrected chi connectivity index (χ4v) is 5.80. The van der Waals surface area contributed by atoms with E-state index in [4.69, 9.17) is 15.5 Å². The van der Waals surface area contributed by atoms with Gasteiger partial charge >= 0.3 is 0 Å². The van der Waals surface area contributed by atoms with E-state index in [2.05, 4.69) is 25.1 Å². The topological polar surface area (TPSA) is 136 Å². The summed E-state index contributed by atoms with van der Waals surface area (Å²) in [5.41, 5.74) is 10.1. The highest BCUT2D eigenvalue weighted by Crippen LogP contribution is 2.29. The van der Waals surface area contributed by atoms with E-state index in [1.165, 1.54) is 0 Å². The predicted octanol–water partition coefficient (Wildman–Crippen LogP) is 2.46. The summed E-state index contributed by atoms with van der Waals surface area (Å²) in [6.45, 7) is 6.67. The number of nitrogens with zero attached hydrogens (tertiary/aromatic N) is 7. The smallest absolute Gasteiger partial charge is 0.284 e. The molecule has 43 heavy (non-hydrogen) atoms. The normalized spacial score (nSPS) is 15.9. The Labute approximate surface area is 250 Å². The van der Waals surface area contributed by atoms with E-state index in [9.17, 15) is 9.59 Å². The third-order valence-electron chi connectivity index (χ3n) is 8.48. The zero-order valence-corrected chi connectivity index (χ0v) is 24.9. The Balaban J connectivity index is 1.13. The van der Waals surface area contributed by atoms with Gasteiger partial charge in [-0.15, -0.1) is 0 Å². The van der Waals surface area contributed by atoms with Crippen molar-refractivity contribution in [2.45, 2.75) is 38.8 Å². The van der Waals surface area contributed by atoms with Crippen molar-refractivity contribution < 1.29 is 9.53 Å². The third-order valence-corrected chi connectivity index (χ3v) is 8.48. The van der Waals surface area contributed by atoms with Crippen LogP contribution in [0.25, 0.3) is 16.9 Å². The van der Waals surface area contributed by atoms with Crippen LogP contribution in [0.1, 0.15) is 34.5 Å². The highest BCUT2D eigenvalue weighted by molar-refractivity contribution is 5.95. The van der Waals surface area contributed by atoms with Crippen LogP contribution in [-0.4, -0.2) is 75.7 Å². The van der Waals surface area contributed by atoms with Crippen molar-refractivity contribution in [1.29, 1.82) is 0 Å². The van der Waals surface area contributed by atoms with E-state index < -0.39 is 0 Å². The summed E-state index contributed by atoms with van der Waals surface area (Å²) in [6.07, 6.45) is 5.06. The minimum absolute atomic E-state index is 0.0808. The zero-order valence-electron chi connectivity index (χ0n) is 24.9. The largest absolute Gasteiger partial charge is 0.381 e. The first-order chi connectivity index (χ1) is 20.7. The number of carbonyl (C=O) groups excluding carboxylic acids is 1. The molecule has 2 fully saturated rings. The molecule has 2 aliphatic heterocycles. The molecule has 5 heterocycles. The van der Waals surface area contributed by atoms with Gasteiger partial charge in [-0.2, -0.15) is 0 Å². The van der Waals surface area contributed by atoms with Gasteiger partial charge in [0, 0.05) is 58.1 Å². The number of aromatic nitrogens is 5. The molecule has 1 aromatic carbocycles. The number of methoxy groups -OCH3 is 1. The van der Waals surface area contributed by atoms with Crippen LogP contribution in [-0.2, 0) is 11.8 Å². The molecule has 3 N–H and O–H groups in total. The predicted molar refractivity (Wildman–Crippen MR) is 166 cm³/mol. The number of aryl methyl sites for hydroxylation is 1. The molecule has 0 radical (unpaired) electrons. The molecule has 0 atom stereocenters. The lowest BCUT2D eigenvalue weighted by Gasteiger charge is -2.39.